The van der Waals surface area contributed by atoms with E-state index in [4.69, 9.17) is 16.3 Å². The van der Waals surface area contributed by atoms with Crippen molar-refractivity contribution in [1.29, 1.82) is 0 Å². The van der Waals surface area contributed by atoms with Crippen LogP contribution >= 0.6 is 11.6 Å². The van der Waals surface area contributed by atoms with Crippen LogP contribution in [0.25, 0.3) is 0 Å². The Kier molecular flexibility index (Phi) is 2.87. The molecule has 4 rings (SSSR count). The number of halogens is 2. The molecule has 1 fully saturated rings. The fourth-order valence-corrected chi connectivity index (χ4v) is 3.38. The van der Waals surface area contributed by atoms with Gasteiger partial charge in [0.15, 0.2) is 0 Å². The van der Waals surface area contributed by atoms with Crippen LogP contribution < -0.4 is 10.1 Å². The molecule has 1 aromatic heterocycles. The molecule has 0 spiro atoms. The van der Waals surface area contributed by atoms with Crippen molar-refractivity contribution in [3.8, 4) is 5.75 Å². The lowest BCUT2D eigenvalue weighted by molar-refractivity contribution is -0.0971. The largest absolute Gasteiger partial charge is 0.461 e. The zero-order valence-electron chi connectivity index (χ0n) is 12.5. The molecule has 2 amide bonds. The zero-order valence-corrected chi connectivity index (χ0v) is 13.3. The van der Waals surface area contributed by atoms with E-state index in [0.717, 1.165) is 0 Å². The minimum absolute atomic E-state index is 0.00543. The molecule has 3 heterocycles. The number of hydrogen-bond donors (Lipinski definition) is 1. The Balaban J connectivity index is 1.91. The van der Waals surface area contributed by atoms with E-state index in [9.17, 15) is 9.18 Å². The first-order valence-corrected chi connectivity index (χ1v) is 7.51. The maximum absolute atomic E-state index is 13.9. The van der Waals surface area contributed by atoms with Crippen molar-refractivity contribution in [1.82, 2.24) is 20.0 Å². The van der Waals surface area contributed by atoms with Crippen molar-refractivity contribution < 1.29 is 13.9 Å². The van der Waals surface area contributed by atoms with Crippen LogP contribution in [0.15, 0.2) is 24.4 Å². The minimum Gasteiger partial charge on any atom is -0.461 e. The number of aryl methyl sites for hydroxylation is 1. The van der Waals surface area contributed by atoms with Crippen LogP contribution in [0.3, 0.4) is 0 Å². The summed E-state index contributed by atoms with van der Waals surface area (Å²) in [5.41, 5.74) is 0.203. The SMILES string of the molecule is CN1C(=O)NC2CC1(c1ccn(C)n1)Oc1cc(F)c(Cl)cc12. The van der Waals surface area contributed by atoms with E-state index in [0.29, 0.717) is 23.4 Å². The Labute approximate surface area is 136 Å². The summed E-state index contributed by atoms with van der Waals surface area (Å²) in [6, 6.07) is 3.96. The lowest BCUT2D eigenvalue weighted by atomic mass is 9.88. The van der Waals surface area contributed by atoms with E-state index in [1.165, 1.54) is 17.0 Å². The second-order valence-corrected chi connectivity index (χ2v) is 6.24. The summed E-state index contributed by atoms with van der Waals surface area (Å²) in [6.45, 7) is 0. The standard InChI is InChI=1S/C15H14ClFN4O2/c1-20-4-3-13(19-20)15-7-11(18-14(22)21(15)2)8-5-9(16)10(17)6-12(8)23-15/h3-6,11H,7H2,1-2H3,(H,18,22). The number of amides is 2. The van der Waals surface area contributed by atoms with Gasteiger partial charge >= 0.3 is 6.03 Å². The highest BCUT2D eigenvalue weighted by Crippen LogP contribution is 2.49. The van der Waals surface area contributed by atoms with E-state index < -0.39 is 11.5 Å². The first-order valence-electron chi connectivity index (χ1n) is 7.13. The topological polar surface area (TPSA) is 59.4 Å². The fraction of sp³-hybridized carbons (Fsp3) is 0.333. The molecule has 1 N–H and O–H groups in total. The average molecular weight is 337 g/mol. The Morgan fingerprint density at radius 3 is 2.96 bits per heavy atom. The van der Waals surface area contributed by atoms with Crippen LogP contribution in [-0.4, -0.2) is 27.8 Å². The normalized spacial score (nSPS) is 25.7. The second kappa shape index (κ2) is 4.61. The number of hydrogen-bond acceptors (Lipinski definition) is 3. The van der Waals surface area contributed by atoms with E-state index in [2.05, 4.69) is 10.4 Å². The molecule has 2 aromatic rings. The predicted octanol–water partition coefficient (Wildman–Crippen LogP) is 2.54. The third-order valence-corrected chi connectivity index (χ3v) is 4.74. The first-order chi connectivity index (χ1) is 10.9. The van der Waals surface area contributed by atoms with Crippen LogP contribution in [0.5, 0.6) is 5.75 Å². The van der Waals surface area contributed by atoms with E-state index >= 15 is 0 Å². The van der Waals surface area contributed by atoms with Crippen LogP contribution in [0.1, 0.15) is 23.7 Å². The van der Waals surface area contributed by atoms with Crippen molar-refractivity contribution in [2.45, 2.75) is 18.2 Å². The third-order valence-electron chi connectivity index (χ3n) is 4.45. The van der Waals surface area contributed by atoms with Gasteiger partial charge in [0.25, 0.3) is 0 Å². The Morgan fingerprint density at radius 2 is 2.26 bits per heavy atom. The molecule has 8 heteroatoms. The number of carbonyl (C=O) groups excluding carboxylic acids is 1. The predicted molar refractivity (Wildman–Crippen MR) is 80.6 cm³/mol. The van der Waals surface area contributed by atoms with Gasteiger partial charge in [-0.2, -0.15) is 5.10 Å². The van der Waals surface area contributed by atoms with Crippen molar-refractivity contribution in [3.05, 3.63) is 46.5 Å². The average Bonchev–Trinajstić information content (AvgIpc) is 2.94. The number of aromatic nitrogens is 2. The fourth-order valence-electron chi connectivity index (χ4n) is 3.21. The number of benzene rings is 1. The summed E-state index contributed by atoms with van der Waals surface area (Å²) >= 11 is 5.87. The van der Waals surface area contributed by atoms with Crippen LogP contribution in [0, 0.1) is 5.82 Å². The molecule has 0 aliphatic carbocycles. The number of fused-ring (bicyclic) bond motifs is 4. The monoisotopic (exact) mass is 336 g/mol. The highest BCUT2D eigenvalue weighted by atomic mass is 35.5. The Hall–Kier alpha value is -2.28. The van der Waals surface area contributed by atoms with Gasteiger partial charge in [-0.1, -0.05) is 11.6 Å². The summed E-state index contributed by atoms with van der Waals surface area (Å²) in [7, 11) is 3.42. The van der Waals surface area contributed by atoms with Gasteiger partial charge in [0.2, 0.25) is 5.72 Å². The molecule has 2 unspecified atom stereocenters. The molecule has 1 saturated heterocycles. The van der Waals surface area contributed by atoms with E-state index in [-0.39, 0.29) is 17.1 Å². The van der Waals surface area contributed by atoms with E-state index in [1.807, 2.05) is 0 Å². The van der Waals surface area contributed by atoms with Crippen molar-refractivity contribution >= 4 is 17.6 Å². The lowest BCUT2D eigenvalue weighted by Gasteiger charge is -2.50. The highest BCUT2D eigenvalue weighted by Gasteiger charge is 2.53. The second-order valence-electron chi connectivity index (χ2n) is 5.83. The van der Waals surface area contributed by atoms with Gasteiger partial charge < -0.3 is 10.1 Å². The van der Waals surface area contributed by atoms with Gasteiger partial charge in [0.1, 0.15) is 17.3 Å². The van der Waals surface area contributed by atoms with Gasteiger partial charge in [-0.25, -0.2) is 9.18 Å². The molecule has 120 valence electrons. The molecule has 2 bridgehead atoms. The van der Waals surface area contributed by atoms with Crippen molar-refractivity contribution in [2.24, 2.45) is 7.05 Å². The Bertz CT molecular complexity index is 824. The molecule has 2 aliphatic rings. The number of rotatable bonds is 1. The number of ether oxygens (including phenoxy) is 1. The minimum atomic E-state index is -1.07. The smallest absolute Gasteiger partial charge is 0.321 e. The van der Waals surface area contributed by atoms with Crippen molar-refractivity contribution in [3.63, 3.8) is 0 Å². The summed E-state index contributed by atoms with van der Waals surface area (Å²) in [5, 5.41) is 7.29. The van der Waals surface area contributed by atoms with Gasteiger partial charge in [-0.15, -0.1) is 0 Å². The van der Waals surface area contributed by atoms with Gasteiger partial charge in [-0.3, -0.25) is 9.58 Å². The maximum atomic E-state index is 13.9. The van der Waals surface area contributed by atoms with Gasteiger partial charge in [0.05, 0.1) is 11.1 Å². The van der Waals surface area contributed by atoms with Crippen molar-refractivity contribution in [2.75, 3.05) is 7.05 Å². The zero-order chi connectivity index (χ0) is 16.4. The quantitative estimate of drug-likeness (QED) is 0.870. The van der Waals surface area contributed by atoms with Gasteiger partial charge in [0, 0.05) is 38.3 Å². The number of urea groups is 1. The maximum Gasteiger partial charge on any atom is 0.321 e. The molecule has 0 radical (unpaired) electrons. The van der Waals surface area contributed by atoms with Crippen LogP contribution in [-0.2, 0) is 12.8 Å². The summed E-state index contributed by atoms with van der Waals surface area (Å²) in [6.07, 6.45) is 2.24. The molecule has 6 nitrogen and oxygen atoms in total. The third kappa shape index (κ3) is 1.92. The first kappa shape index (κ1) is 14.3. The van der Waals surface area contributed by atoms with Crippen LogP contribution in [0.2, 0.25) is 5.02 Å². The summed E-state index contributed by atoms with van der Waals surface area (Å²) in [4.78, 5) is 13.8. The van der Waals surface area contributed by atoms with E-state index in [1.54, 1.807) is 31.0 Å². The molecule has 2 atom stereocenters. The Morgan fingerprint density at radius 1 is 1.48 bits per heavy atom. The number of nitrogens with zero attached hydrogens (tertiary/aromatic N) is 3. The molecular weight excluding hydrogens is 323 g/mol. The molecule has 1 aromatic carbocycles. The lowest BCUT2D eigenvalue weighted by Crippen LogP contribution is -2.62. The molecule has 23 heavy (non-hydrogen) atoms. The molecular formula is C15H14ClFN4O2. The molecule has 2 aliphatic heterocycles. The molecule has 0 saturated carbocycles. The highest BCUT2D eigenvalue weighted by molar-refractivity contribution is 6.30. The summed E-state index contributed by atoms with van der Waals surface area (Å²) < 4.78 is 21.6. The number of nitrogens with one attached hydrogen (secondary N) is 1. The van der Waals surface area contributed by atoms with Gasteiger partial charge in [-0.05, 0) is 12.1 Å². The van der Waals surface area contributed by atoms with Crippen LogP contribution in [0.4, 0.5) is 9.18 Å². The summed E-state index contributed by atoms with van der Waals surface area (Å²) in [5.74, 6) is -0.198. The number of carbonyl (C=O) groups is 1.